The van der Waals surface area contributed by atoms with Crippen molar-refractivity contribution in [1.82, 2.24) is 5.32 Å². The molecule has 5 heteroatoms. The monoisotopic (exact) mass is 277 g/mol. The Balaban J connectivity index is 2.95. The van der Waals surface area contributed by atoms with Crippen LogP contribution in [0.5, 0.6) is 0 Å². The predicted molar refractivity (Wildman–Crippen MR) is 76.7 cm³/mol. The van der Waals surface area contributed by atoms with Crippen molar-refractivity contribution in [2.24, 2.45) is 0 Å². The van der Waals surface area contributed by atoms with Crippen molar-refractivity contribution in [2.45, 2.75) is 39.8 Å². The van der Waals surface area contributed by atoms with E-state index in [4.69, 9.17) is 18.9 Å². The maximum atomic E-state index is 5.41. The molecule has 0 rings (SSSR count). The van der Waals surface area contributed by atoms with Gasteiger partial charge in [0.1, 0.15) is 0 Å². The standard InChI is InChI=1S/C14H31NO4/c1-13(2)15-5-6-16-7-8-17-9-10-18-11-12-19-14(3)4/h13-15H,5-12H2,1-4H3. The van der Waals surface area contributed by atoms with Gasteiger partial charge in [-0.05, 0) is 13.8 Å². The lowest BCUT2D eigenvalue weighted by molar-refractivity contribution is -0.0115. The summed E-state index contributed by atoms with van der Waals surface area (Å²) >= 11 is 0. The van der Waals surface area contributed by atoms with Crippen molar-refractivity contribution in [3.05, 3.63) is 0 Å². The van der Waals surface area contributed by atoms with Crippen LogP contribution in [0.1, 0.15) is 27.7 Å². The summed E-state index contributed by atoms with van der Waals surface area (Å²) in [5.74, 6) is 0. The molecule has 0 heterocycles. The Labute approximate surface area is 117 Å². The van der Waals surface area contributed by atoms with E-state index < -0.39 is 0 Å². The van der Waals surface area contributed by atoms with E-state index >= 15 is 0 Å². The summed E-state index contributed by atoms with van der Waals surface area (Å²) in [4.78, 5) is 0. The zero-order valence-corrected chi connectivity index (χ0v) is 12.9. The van der Waals surface area contributed by atoms with Gasteiger partial charge in [-0.2, -0.15) is 0 Å². The van der Waals surface area contributed by atoms with Gasteiger partial charge in [0.05, 0.1) is 52.4 Å². The minimum absolute atomic E-state index is 0.266. The Hall–Kier alpha value is -0.200. The van der Waals surface area contributed by atoms with E-state index in [0.29, 0.717) is 45.7 Å². The summed E-state index contributed by atoms with van der Waals surface area (Å²) in [5.41, 5.74) is 0. The fourth-order valence-corrected chi connectivity index (χ4v) is 1.30. The molecule has 0 aliphatic rings. The molecule has 0 aliphatic heterocycles. The smallest absolute Gasteiger partial charge is 0.0703 e. The minimum atomic E-state index is 0.266. The Morgan fingerprint density at radius 3 is 1.63 bits per heavy atom. The fraction of sp³-hybridized carbons (Fsp3) is 1.00. The molecule has 0 aromatic rings. The minimum Gasteiger partial charge on any atom is -0.378 e. The third-order valence-electron chi connectivity index (χ3n) is 2.22. The molecule has 0 saturated carbocycles. The van der Waals surface area contributed by atoms with Gasteiger partial charge in [-0.3, -0.25) is 0 Å². The van der Waals surface area contributed by atoms with Crippen LogP contribution in [0, 0.1) is 0 Å². The SMILES string of the molecule is CC(C)NCCOCCOCCOCCOC(C)C. The molecule has 0 aliphatic carbocycles. The van der Waals surface area contributed by atoms with Gasteiger partial charge in [-0.25, -0.2) is 0 Å². The average Bonchev–Trinajstić information content (AvgIpc) is 2.34. The number of rotatable bonds is 14. The normalized spacial score (nSPS) is 11.7. The highest BCUT2D eigenvalue weighted by molar-refractivity contribution is 4.50. The first-order valence-corrected chi connectivity index (χ1v) is 7.21. The van der Waals surface area contributed by atoms with E-state index in [0.717, 1.165) is 13.2 Å². The average molecular weight is 277 g/mol. The molecule has 0 aromatic carbocycles. The molecule has 0 saturated heterocycles. The molecule has 5 nitrogen and oxygen atoms in total. The maximum absolute atomic E-state index is 5.41. The summed E-state index contributed by atoms with van der Waals surface area (Å²) in [5, 5.41) is 3.29. The molecule has 0 amide bonds. The van der Waals surface area contributed by atoms with Crippen molar-refractivity contribution in [1.29, 1.82) is 0 Å². The quantitative estimate of drug-likeness (QED) is 0.487. The van der Waals surface area contributed by atoms with Crippen molar-refractivity contribution in [3.8, 4) is 0 Å². The second-order valence-electron chi connectivity index (χ2n) is 4.87. The third kappa shape index (κ3) is 17.8. The number of ether oxygens (including phenoxy) is 4. The van der Waals surface area contributed by atoms with Crippen LogP contribution in [0.4, 0.5) is 0 Å². The van der Waals surface area contributed by atoms with E-state index in [1.165, 1.54) is 0 Å². The van der Waals surface area contributed by atoms with Crippen LogP contribution in [0.3, 0.4) is 0 Å². The maximum Gasteiger partial charge on any atom is 0.0703 e. The van der Waals surface area contributed by atoms with E-state index in [9.17, 15) is 0 Å². The highest BCUT2D eigenvalue weighted by Crippen LogP contribution is 1.87. The summed E-state index contributed by atoms with van der Waals surface area (Å²) in [6.45, 7) is 13.6. The van der Waals surface area contributed by atoms with Crippen LogP contribution in [-0.2, 0) is 18.9 Å². The van der Waals surface area contributed by atoms with Crippen LogP contribution in [0.25, 0.3) is 0 Å². The molecule has 0 radical (unpaired) electrons. The molecule has 116 valence electrons. The predicted octanol–water partition coefficient (Wildman–Crippen LogP) is 1.46. The van der Waals surface area contributed by atoms with Gasteiger partial charge in [-0.1, -0.05) is 13.8 Å². The molecule has 19 heavy (non-hydrogen) atoms. The topological polar surface area (TPSA) is 49.0 Å². The first kappa shape index (κ1) is 18.8. The Morgan fingerprint density at radius 2 is 1.16 bits per heavy atom. The first-order chi connectivity index (χ1) is 9.13. The third-order valence-corrected chi connectivity index (χ3v) is 2.22. The number of hydrogen-bond acceptors (Lipinski definition) is 5. The molecule has 0 aromatic heterocycles. The summed E-state index contributed by atoms with van der Waals surface area (Å²) in [6, 6.07) is 0.511. The van der Waals surface area contributed by atoms with Gasteiger partial charge in [0, 0.05) is 12.6 Å². The largest absolute Gasteiger partial charge is 0.378 e. The van der Waals surface area contributed by atoms with E-state index in [1.54, 1.807) is 0 Å². The van der Waals surface area contributed by atoms with Crippen molar-refractivity contribution >= 4 is 0 Å². The van der Waals surface area contributed by atoms with Crippen molar-refractivity contribution in [3.63, 3.8) is 0 Å². The molecular weight excluding hydrogens is 246 g/mol. The van der Waals surface area contributed by atoms with Gasteiger partial charge in [0.15, 0.2) is 0 Å². The van der Waals surface area contributed by atoms with Crippen molar-refractivity contribution < 1.29 is 18.9 Å². The zero-order chi connectivity index (χ0) is 14.3. The summed E-state index contributed by atoms with van der Waals surface area (Å²) in [6.07, 6.45) is 0.266. The van der Waals surface area contributed by atoms with Crippen molar-refractivity contribution in [2.75, 3.05) is 52.8 Å². The number of hydrogen-bond donors (Lipinski definition) is 1. The molecule has 0 spiro atoms. The number of nitrogens with one attached hydrogen (secondary N) is 1. The molecule has 0 unspecified atom stereocenters. The molecular formula is C14H31NO4. The Kier molecular flexibility index (Phi) is 14.1. The van der Waals surface area contributed by atoms with Crippen LogP contribution >= 0.6 is 0 Å². The van der Waals surface area contributed by atoms with Gasteiger partial charge in [0.2, 0.25) is 0 Å². The van der Waals surface area contributed by atoms with Crippen LogP contribution in [0.15, 0.2) is 0 Å². The van der Waals surface area contributed by atoms with Gasteiger partial charge in [0.25, 0.3) is 0 Å². The van der Waals surface area contributed by atoms with E-state index in [-0.39, 0.29) is 6.10 Å². The molecule has 0 fully saturated rings. The lowest BCUT2D eigenvalue weighted by Crippen LogP contribution is -2.27. The second kappa shape index (κ2) is 14.2. The van der Waals surface area contributed by atoms with Crippen LogP contribution < -0.4 is 5.32 Å². The van der Waals surface area contributed by atoms with E-state index in [1.807, 2.05) is 13.8 Å². The molecule has 1 N–H and O–H groups in total. The molecule has 0 bridgehead atoms. The van der Waals surface area contributed by atoms with E-state index in [2.05, 4.69) is 19.2 Å². The highest BCUT2D eigenvalue weighted by Gasteiger charge is 1.95. The summed E-state index contributed by atoms with van der Waals surface area (Å²) in [7, 11) is 0. The van der Waals surface area contributed by atoms with Gasteiger partial charge in [-0.15, -0.1) is 0 Å². The zero-order valence-electron chi connectivity index (χ0n) is 12.9. The lowest BCUT2D eigenvalue weighted by Gasteiger charge is -2.09. The van der Waals surface area contributed by atoms with Crippen LogP contribution in [0.2, 0.25) is 0 Å². The Bertz CT molecular complexity index is 159. The highest BCUT2D eigenvalue weighted by atomic mass is 16.6. The van der Waals surface area contributed by atoms with Gasteiger partial charge >= 0.3 is 0 Å². The molecule has 0 atom stereocenters. The van der Waals surface area contributed by atoms with Gasteiger partial charge < -0.3 is 24.3 Å². The fourth-order valence-electron chi connectivity index (χ4n) is 1.30. The lowest BCUT2D eigenvalue weighted by atomic mass is 10.4. The summed E-state index contributed by atoms with van der Waals surface area (Å²) < 4.78 is 21.5. The second-order valence-corrected chi connectivity index (χ2v) is 4.87. The Morgan fingerprint density at radius 1 is 0.684 bits per heavy atom. The van der Waals surface area contributed by atoms with Crippen LogP contribution in [-0.4, -0.2) is 64.9 Å². The first-order valence-electron chi connectivity index (χ1n) is 7.21.